The fourth-order valence-electron chi connectivity index (χ4n) is 5.77. The summed E-state index contributed by atoms with van der Waals surface area (Å²) < 4.78 is 0. The zero-order chi connectivity index (χ0) is 27.2. The van der Waals surface area contributed by atoms with Crippen LogP contribution in [0.2, 0.25) is 10.0 Å². The van der Waals surface area contributed by atoms with Crippen molar-refractivity contribution in [1.29, 1.82) is 0 Å². The largest absolute Gasteiger partial charge is 0.481 e. The van der Waals surface area contributed by atoms with Crippen molar-refractivity contribution in [2.45, 2.75) is 75.5 Å². The molecule has 1 amide bonds. The fraction of sp³-hybridized carbons (Fsp3) is 0.483. The molecule has 0 spiro atoms. The molecule has 0 aliphatic carbocycles. The number of rotatable bonds is 11. The van der Waals surface area contributed by atoms with Gasteiger partial charge in [-0.2, -0.15) is 0 Å². The highest BCUT2D eigenvalue weighted by atomic mass is 35.5. The van der Waals surface area contributed by atoms with Gasteiger partial charge in [-0.15, -0.1) is 0 Å². The molecule has 4 atom stereocenters. The Balaban J connectivity index is 1.51. The first kappa shape index (κ1) is 28.6. The molecule has 2 saturated heterocycles. The van der Waals surface area contributed by atoms with E-state index in [0.29, 0.717) is 42.4 Å². The molecule has 2 aromatic rings. The third-order valence-corrected chi connectivity index (χ3v) is 8.48. The van der Waals surface area contributed by atoms with Gasteiger partial charge in [0.1, 0.15) is 0 Å². The minimum absolute atomic E-state index is 0.0920. The standard InChI is InChI=1S/C29H35Cl2N3O4/c30-23-10-7-20(16-24(23)31)8-12-27(35)25(11-13-28(36)37)33-15-14-22(9-6-19-4-2-1-3-5-19)34-18-21(32)17-26(34)29(33)38/h1-5,7,10,16,21-22,25-26H,6,8-9,11-15,17-18,32H2,(H,36,37)/t21-,22?,25-,26+/m1/s1. The maximum Gasteiger partial charge on any atom is 0.303 e. The molecule has 2 aliphatic rings. The van der Waals surface area contributed by atoms with Crippen molar-refractivity contribution in [1.82, 2.24) is 9.80 Å². The number of hydrogen-bond donors (Lipinski definition) is 2. The van der Waals surface area contributed by atoms with E-state index in [2.05, 4.69) is 17.0 Å². The number of nitrogens with zero attached hydrogens (tertiary/aromatic N) is 2. The number of nitrogens with two attached hydrogens (primary N) is 1. The highest BCUT2D eigenvalue weighted by molar-refractivity contribution is 6.42. The van der Waals surface area contributed by atoms with Crippen LogP contribution >= 0.6 is 23.2 Å². The van der Waals surface area contributed by atoms with Gasteiger partial charge in [0.25, 0.3) is 0 Å². The molecule has 0 aromatic heterocycles. The van der Waals surface area contributed by atoms with E-state index in [9.17, 15) is 19.5 Å². The number of fused-ring (bicyclic) bond motifs is 1. The quantitative estimate of drug-likeness (QED) is 0.423. The summed E-state index contributed by atoms with van der Waals surface area (Å²) in [5.41, 5.74) is 8.42. The third kappa shape index (κ3) is 7.14. The topological polar surface area (TPSA) is 104 Å². The zero-order valence-electron chi connectivity index (χ0n) is 21.4. The van der Waals surface area contributed by atoms with Crippen molar-refractivity contribution >= 4 is 40.9 Å². The minimum atomic E-state index is -0.986. The van der Waals surface area contributed by atoms with Crippen LogP contribution < -0.4 is 5.73 Å². The predicted molar refractivity (Wildman–Crippen MR) is 148 cm³/mol. The molecule has 9 heteroatoms. The zero-order valence-corrected chi connectivity index (χ0v) is 22.9. The number of aryl methyl sites for hydroxylation is 2. The maximum atomic E-state index is 13.8. The van der Waals surface area contributed by atoms with Gasteiger partial charge in [0, 0.05) is 38.0 Å². The van der Waals surface area contributed by atoms with E-state index >= 15 is 0 Å². The SMILES string of the molecule is N[C@@H]1C[C@H]2C(=O)N([C@H](CCC(=O)O)C(=O)CCc3ccc(Cl)c(Cl)c3)CCC(CCc3ccccc3)N2C1. The number of amides is 1. The van der Waals surface area contributed by atoms with Crippen molar-refractivity contribution in [3.05, 3.63) is 69.7 Å². The van der Waals surface area contributed by atoms with Crippen LogP contribution in [0.15, 0.2) is 48.5 Å². The Hall–Kier alpha value is -2.45. The minimum Gasteiger partial charge on any atom is -0.481 e. The van der Waals surface area contributed by atoms with Gasteiger partial charge >= 0.3 is 5.97 Å². The van der Waals surface area contributed by atoms with Crippen LogP contribution in [0.4, 0.5) is 0 Å². The number of carboxylic acid groups (broad SMARTS) is 1. The van der Waals surface area contributed by atoms with Gasteiger partial charge < -0.3 is 15.7 Å². The fourth-order valence-corrected chi connectivity index (χ4v) is 6.09. The lowest BCUT2D eigenvalue weighted by Crippen LogP contribution is -2.50. The van der Waals surface area contributed by atoms with E-state index in [1.54, 1.807) is 17.0 Å². The molecule has 2 fully saturated rings. The number of carbonyl (C=O) groups is 3. The Morgan fingerprint density at radius 3 is 2.50 bits per heavy atom. The van der Waals surface area contributed by atoms with Crippen LogP contribution in [0.5, 0.6) is 0 Å². The second kappa shape index (κ2) is 13.1. The van der Waals surface area contributed by atoms with Crippen molar-refractivity contribution in [2.24, 2.45) is 5.73 Å². The van der Waals surface area contributed by atoms with Crippen LogP contribution in [-0.2, 0) is 27.2 Å². The Labute approximate surface area is 233 Å². The van der Waals surface area contributed by atoms with Crippen molar-refractivity contribution in [2.75, 3.05) is 13.1 Å². The number of ketones is 1. The van der Waals surface area contributed by atoms with Gasteiger partial charge in [-0.25, -0.2) is 0 Å². The highest BCUT2D eigenvalue weighted by Gasteiger charge is 2.45. The van der Waals surface area contributed by atoms with Crippen LogP contribution in [0.3, 0.4) is 0 Å². The number of Topliss-reactive ketones (excluding diaryl/α,β-unsaturated/α-hetero) is 1. The summed E-state index contributed by atoms with van der Waals surface area (Å²) in [5.74, 6) is -1.24. The van der Waals surface area contributed by atoms with Crippen molar-refractivity contribution in [3.63, 3.8) is 0 Å². The first-order chi connectivity index (χ1) is 18.2. The number of hydrogen-bond acceptors (Lipinski definition) is 5. The first-order valence-electron chi connectivity index (χ1n) is 13.3. The average molecular weight is 561 g/mol. The monoisotopic (exact) mass is 559 g/mol. The molecule has 38 heavy (non-hydrogen) atoms. The second-order valence-electron chi connectivity index (χ2n) is 10.4. The summed E-state index contributed by atoms with van der Waals surface area (Å²) >= 11 is 12.1. The molecular weight excluding hydrogens is 525 g/mol. The summed E-state index contributed by atoms with van der Waals surface area (Å²) in [6.07, 6.45) is 3.56. The lowest BCUT2D eigenvalue weighted by Gasteiger charge is -2.32. The molecule has 2 aromatic carbocycles. The molecule has 2 aliphatic heterocycles. The maximum absolute atomic E-state index is 13.8. The van der Waals surface area contributed by atoms with Gasteiger partial charge in [0.15, 0.2) is 5.78 Å². The lowest BCUT2D eigenvalue weighted by molar-refractivity contribution is -0.144. The van der Waals surface area contributed by atoms with Crippen LogP contribution in [0.1, 0.15) is 49.7 Å². The number of carboxylic acids is 1. The van der Waals surface area contributed by atoms with E-state index in [1.807, 2.05) is 24.3 Å². The summed E-state index contributed by atoms with van der Waals surface area (Å²) in [6, 6.07) is 14.4. The van der Waals surface area contributed by atoms with E-state index < -0.39 is 12.0 Å². The number of benzene rings is 2. The van der Waals surface area contributed by atoms with E-state index in [-0.39, 0.29) is 49.1 Å². The Bertz CT molecular complexity index is 1150. The predicted octanol–water partition coefficient (Wildman–Crippen LogP) is 4.36. The average Bonchev–Trinajstić information content (AvgIpc) is 3.24. The Morgan fingerprint density at radius 2 is 1.79 bits per heavy atom. The molecule has 204 valence electrons. The molecule has 0 radical (unpaired) electrons. The molecule has 3 N–H and O–H groups in total. The smallest absolute Gasteiger partial charge is 0.303 e. The van der Waals surface area contributed by atoms with Crippen LogP contribution in [-0.4, -0.2) is 69.8 Å². The van der Waals surface area contributed by atoms with Crippen LogP contribution in [0, 0.1) is 0 Å². The Kier molecular flexibility index (Phi) is 9.82. The van der Waals surface area contributed by atoms with Gasteiger partial charge in [-0.1, -0.05) is 59.6 Å². The Morgan fingerprint density at radius 1 is 1.03 bits per heavy atom. The van der Waals surface area contributed by atoms with Crippen molar-refractivity contribution < 1.29 is 19.5 Å². The van der Waals surface area contributed by atoms with Crippen LogP contribution in [0.25, 0.3) is 0 Å². The third-order valence-electron chi connectivity index (χ3n) is 7.74. The van der Waals surface area contributed by atoms with Gasteiger partial charge in [0.05, 0.1) is 22.1 Å². The summed E-state index contributed by atoms with van der Waals surface area (Å²) in [7, 11) is 0. The normalized spacial score (nSPS) is 22.7. The second-order valence-corrected chi connectivity index (χ2v) is 11.2. The van der Waals surface area contributed by atoms with E-state index in [1.165, 1.54) is 5.56 Å². The van der Waals surface area contributed by atoms with Gasteiger partial charge in [0.2, 0.25) is 5.91 Å². The highest BCUT2D eigenvalue weighted by Crippen LogP contribution is 2.31. The van der Waals surface area contributed by atoms with Gasteiger partial charge in [-0.3, -0.25) is 19.3 Å². The molecule has 1 unspecified atom stereocenters. The molecule has 0 bridgehead atoms. The molecule has 7 nitrogen and oxygen atoms in total. The van der Waals surface area contributed by atoms with E-state index in [0.717, 1.165) is 18.4 Å². The molecule has 4 rings (SSSR count). The molecule has 2 heterocycles. The van der Waals surface area contributed by atoms with E-state index in [4.69, 9.17) is 28.9 Å². The van der Waals surface area contributed by atoms with Gasteiger partial charge in [-0.05, 0) is 61.8 Å². The number of aliphatic carboxylic acids is 1. The number of carbonyl (C=O) groups excluding carboxylic acids is 2. The summed E-state index contributed by atoms with van der Waals surface area (Å²) in [5, 5.41) is 10.2. The summed E-state index contributed by atoms with van der Waals surface area (Å²) in [4.78, 5) is 42.7. The number of halogens is 2. The summed E-state index contributed by atoms with van der Waals surface area (Å²) in [6.45, 7) is 1.07. The lowest BCUT2D eigenvalue weighted by atomic mass is 9.97. The molecular formula is C29H35Cl2N3O4. The first-order valence-corrected chi connectivity index (χ1v) is 14.0. The van der Waals surface area contributed by atoms with Crippen molar-refractivity contribution in [3.8, 4) is 0 Å². The molecule has 0 saturated carbocycles.